The van der Waals surface area contributed by atoms with E-state index in [9.17, 15) is 8.78 Å². The maximum atomic E-state index is 13.5. The van der Waals surface area contributed by atoms with E-state index in [-0.39, 0.29) is 17.2 Å². The molecule has 1 aliphatic rings. The van der Waals surface area contributed by atoms with Crippen LogP contribution in [0.15, 0.2) is 12.1 Å². The number of ether oxygens (including phenoxy) is 1. The van der Waals surface area contributed by atoms with E-state index in [0.717, 1.165) is 12.1 Å². The van der Waals surface area contributed by atoms with E-state index in [1.807, 2.05) is 0 Å². The first-order valence-corrected chi connectivity index (χ1v) is 5.02. The van der Waals surface area contributed by atoms with Gasteiger partial charge in [0.1, 0.15) is 11.6 Å². The molecule has 0 aliphatic carbocycles. The maximum Gasteiger partial charge on any atom is 0.132 e. The third-order valence-electron chi connectivity index (χ3n) is 2.31. The van der Waals surface area contributed by atoms with Gasteiger partial charge in [0.05, 0.1) is 19.3 Å². The van der Waals surface area contributed by atoms with Crippen molar-refractivity contribution in [3.8, 4) is 0 Å². The highest BCUT2D eigenvalue weighted by Gasteiger charge is 2.22. The molecule has 1 N–H and O–H groups in total. The fourth-order valence-electron chi connectivity index (χ4n) is 1.64. The minimum absolute atomic E-state index is 0.000833. The van der Waals surface area contributed by atoms with Crippen LogP contribution in [0.3, 0.4) is 0 Å². The zero-order valence-electron chi connectivity index (χ0n) is 7.90. The highest BCUT2D eigenvalue weighted by molar-refractivity contribution is 6.30. The molecular formula is C10H10ClF2NO. The van der Waals surface area contributed by atoms with Gasteiger partial charge in [-0.15, -0.1) is 0 Å². The van der Waals surface area contributed by atoms with Gasteiger partial charge in [-0.05, 0) is 12.1 Å². The quantitative estimate of drug-likeness (QED) is 0.804. The van der Waals surface area contributed by atoms with Crippen molar-refractivity contribution < 1.29 is 13.5 Å². The number of hydrogen-bond acceptors (Lipinski definition) is 2. The van der Waals surface area contributed by atoms with Crippen molar-refractivity contribution in [2.24, 2.45) is 0 Å². The van der Waals surface area contributed by atoms with Crippen molar-refractivity contribution in [1.82, 2.24) is 5.32 Å². The van der Waals surface area contributed by atoms with Crippen LogP contribution in [-0.2, 0) is 4.74 Å². The number of hydrogen-bond donors (Lipinski definition) is 1. The van der Waals surface area contributed by atoms with E-state index in [0.29, 0.717) is 13.2 Å². The molecule has 0 saturated carbocycles. The van der Waals surface area contributed by atoms with Crippen LogP contribution in [0.25, 0.3) is 0 Å². The molecule has 1 fully saturated rings. The summed E-state index contributed by atoms with van der Waals surface area (Å²) in [5.74, 6) is -1.27. The molecule has 0 amide bonds. The van der Waals surface area contributed by atoms with E-state index in [2.05, 4.69) is 5.32 Å². The molecule has 1 saturated heterocycles. The van der Waals surface area contributed by atoms with Gasteiger partial charge in [0, 0.05) is 17.1 Å². The number of benzene rings is 1. The van der Waals surface area contributed by atoms with E-state index in [4.69, 9.17) is 16.3 Å². The Morgan fingerprint density at radius 2 is 2.00 bits per heavy atom. The molecule has 0 aromatic heterocycles. The Morgan fingerprint density at radius 3 is 2.53 bits per heavy atom. The molecule has 2 nitrogen and oxygen atoms in total. The number of rotatable bonds is 1. The predicted octanol–water partition coefficient (Wildman–Crippen LogP) is 2.28. The molecule has 82 valence electrons. The maximum absolute atomic E-state index is 13.5. The largest absolute Gasteiger partial charge is 0.378 e. The van der Waals surface area contributed by atoms with E-state index in [1.54, 1.807) is 0 Å². The molecule has 0 unspecified atom stereocenters. The van der Waals surface area contributed by atoms with Gasteiger partial charge >= 0.3 is 0 Å². The third-order valence-corrected chi connectivity index (χ3v) is 2.53. The average Bonchev–Trinajstić information content (AvgIpc) is 2.17. The molecule has 15 heavy (non-hydrogen) atoms. The van der Waals surface area contributed by atoms with Crippen LogP contribution in [-0.4, -0.2) is 19.8 Å². The fraction of sp³-hybridized carbons (Fsp3) is 0.400. The van der Waals surface area contributed by atoms with E-state index in [1.165, 1.54) is 0 Å². The highest BCUT2D eigenvalue weighted by atomic mass is 35.5. The molecule has 0 bridgehead atoms. The van der Waals surface area contributed by atoms with Crippen LogP contribution in [0, 0.1) is 11.6 Å². The molecule has 1 aromatic rings. The second-order valence-corrected chi connectivity index (χ2v) is 3.80. The molecule has 5 heteroatoms. The number of halogens is 3. The zero-order valence-corrected chi connectivity index (χ0v) is 8.65. The second-order valence-electron chi connectivity index (χ2n) is 3.36. The smallest absolute Gasteiger partial charge is 0.132 e. The standard InChI is InChI=1S/C10H10ClF2NO/c11-6-3-7(12)10(8(13)4-6)9-5-15-2-1-14-9/h3-4,9,14H,1-2,5H2/t9-/m0/s1. The van der Waals surface area contributed by atoms with Crippen LogP contribution in [0.2, 0.25) is 5.02 Å². The summed E-state index contributed by atoms with van der Waals surface area (Å²) in [4.78, 5) is 0. The Morgan fingerprint density at radius 1 is 1.33 bits per heavy atom. The monoisotopic (exact) mass is 233 g/mol. The Balaban J connectivity index is 2.33. The van der Waals surface area contributed by atoms with Gasteiger partial charge in [-0.3, -0.25) is 0 Å². The summed E-state index contributed by atoms with van der Waals surface area (Å²) in [5.41, 5.74) is -0.000833. The van der Waals surface area contributed by atoms with Crippen LogP contribution >= 0.6 is 11.6 Å². The van der Waals surface area contributed by atoms with Crippen molar-refractivity contribution in [1.29, 1.82) is 0 Å². The van der Waals surface area contributed by atoms with Crippen molar-refractivity contribution >= 4 is 11.6 Å². The Hall–Kier alpha value is -0.710. The summed E-state index contributed by atoms with van der Waals surface area (Å²) in [6.45, 7) is 1.43. The molecule has 2 rings (SSSR count). The van der Waals surface area contributed by atoms with Gasteiger partial charge in [-0.2, -0.15) is 0 Å². The molecule has 1 atom stereocenters. The zero-order chi connectivity index (χ0) is 10.8. The van der Waals surface area contributed by atoms with Crippen LogP contribution in [0.5, 0.6) is 0 Å². The van der Waals surface area contributed by atoms with Gasteiger partial charge in [0.2, 0.25) is 0 Å². The van der Waals surface area contributed by atoms with Crippen LogP contribution in [0.1, 0.15) is 11.6 Å². The summed E-state index contributed by atoms with van der Waals surface area (Å²) < 4.78 is 32.1. The van der Waals surface area contributed by atoms with Crippen molar-refractivity contribution in [2.45, 2.75) is 6.04 Å². The first-order chi connectivity index (χ1) is 7.18. The molecular weight excluding hydrogens is 224 g/mol. The van der Waals surface area contributed by atoms with Gasteiger partial charge < -0.3 is 10.1 Å². The van der Waals surface area contributed by atoms with Gasteiger partial charge in [-0.1, -0.05) is 11.6 Å². The highest BCUT2D eigenvalue weighted by Crippen LogP contribution is 2.25. The molecule has 1 aliphatic heterocycles. The van der Waals surface area contributed by atoms with Gasteiger partial charge in [0.15, 0.2) is 0 Å². The summed E-state index contributed by atoms with van der Waals surface area (Å²) in [6.07, 6.45) is 0. The first kappa shape index (κ1) is 10.8. The van der Waals surface area contributed by atoms with E-state index < -0.39 is 17.7 Å². The summed E-state index contributed by atoms with van der Waals surface area (Å²) in [7, 11) is 0. The SMILES string of the molecule is Fc1cc(Cl)cc(F)c1[C@@H]1COCCN1. The lowest BCUT2D eigenvalue weighted by molar-refractivity contribution is 0.0745. The normalized spacial score (nSPS) is 21.7. The Kier molecular flexibility index (Phi) is 3.19. The number of nitrogens with one attached hydrogen (secondary N) is 1. The third kappa shape index (κ3) is 2.27. The lowest BCUT2D eigenvalue weighted by atomic mass is 10.1. The summed E-state index contributed by atoms with van der Waals surface area (Å²) in [5, 5.41) is 3.05. The fourth-order valence-corrected chi connectivity index (χ4v) is 1.83. The van der Waals surface area contributed by atoms with Crippen molar-refractivity contribution in [3.63, 3.8) is 0 Å². The molecule has 0 spiro atoms. The lowest BCUT2D eigenvalue weighted by Crippen LogP contribution is -2.35. The summed E-state index contributed by atoms with van der Waals surface area (Å²) in [6, 6.07) is 1.78. The predicted molar refractivity (Wildman–Crippen MR) is 52.9 cm³/mol. The van der Waals surface area contributed by atoms with Gasteiger partial charge in [-0.25, -0.2) is 8.78 Å². The second kappa shape index (κ2) is 4.43. The molecule has 0 radical (unpaired) electrons. The van der Waals surface area contributed by atoms with Crippen molar-refractivity contribution in [3.05, 3.63) is 34.4 Å². The van der Waals surface area contributed by atoms with Crippen molar-refractivity contribution in [2.75, 3.05) is 19.8 Å². The number of morpholine rings is 1. The topological polar surface area (TPSA) is 21.3 Å². The van der Waals surface area contributed by atoms with Crippen LogP contribution in [0.4, 0.5) is 8.78 Å². The average molecular weight is 234 g/mol. The minimum atomic E-state index is -0.636. The Labute approximate surface area is 91.2 Å². The molecule has 1 aromatic carbocycles. The first-order valence-electron chi connectivity index (χ1n) is 4.64. The van der Waals surface area contributed by atoms with Crippen LogP contribution < -0.4 is 5.32 Å². The minimum Gasteiger partial charge on any atom is -0.378 e. The molecule has 1 heterocycles. The Bertz CT molecular complexity index is 343. The van der Waals surface area contributed by atoms with Gasteiger partial charge in [0.25, 0.3) is 0 Å². The van der Waals surface area contributed by atoms with E-state index >= 15 is 0 Å². The lowest BCUT2D eigenvalue weighted by Gasteiger charge is -2.24. The summed E-state index contributed by atoms with van der Waals surface area (Å²) >= 11 is 5.53.